The first-order valence-electron chi connectivity index (χ1n) is 4.73. The summed E-state index contributed by atoms with van der Waals surface area (Å²) >= 11 is 0. The molecule has 0 radical (unpaired) electrons. The Hall–Kier alpha value is -1.41. The molecule has 0 amide bonds. The maximum Gasteiger partial charge on any atom is 0.137 e. The van der Waals surface area contributed by atoms with Crippen molar-refractivity contribution in [3.05, 3.63) is 12.7 Å². The Bertz CT molecular complexity index is 300. The van der Waals surface area contributed by atoms with E-state index in [2.05, 4.69) is 16.2 Å². The maximum absolute atomic E-state index is 8.83. The Morgan fingerprint density at radius 1 is 1.64 bits per heavy atom. The third-order valence-corrected chi connectivity index (χ3v) is 2.33. The van der Waals surface area contributed by atoms with E-state index < -0.39 is 5.54 Å². The van der Waals surface area contributed by atoms with Gasteiger partial charge in [0.2, 0.25) is 0 Å². The van der Waals surface area contributed by atoms with Crippen molar-refractivity contribution < 1.29 is 0 Å². The first-order chi connectivity index (χ1) is 6.70. The lowest BCUT2D eigenvalue weighted by Crippen LogP contribution is -2.37. The van der Waals surface area contributed by atoms with E-state index in [1.165, 1.54) is 6.33 Å². The Labute approximate surface area is 83.5 Å². The van der Waals surface area contributed by atoms with Crippen molar-refractivity contribution in [3.8, 4) is 6.07 Å². The van der Waals surface area contributed by atoms with E-state index in [1.807, 2.05) is 6.92 Å². The number of nitrogens with zero attached hydrogens (tertiary/aromatic N) is 4. The fraction of sp³-hybridized carbons (Fsp3) is 0.667. The van der Waals surface area contributed by atoms with Crippen LogP contribution in [0.15, 0.2) is 12.7 Å². The summed E-state index contributed by atoms with van der Waals surface area (Å²) in [5, 5.41) is 12.8. The van der Waals surface area contributed by atoms with Crippen LogP contribution in [0, 0.1) is 11.3 Å². The Morgan fingerprint density at radius 2 is 2.43 bits per heavy atom. The van der Waals surface area contributed by atoms with Gasteiger partial charge in [0.25, 0.3) is 0 Å². The van der Waals surface area contributed by atoms with E-state index >= 15 is 0 Å². The standard InChI is InChI=1S/C9H15N5/c1-2-9(11,6-10)4-3-5-14-8-12-7-13-14/h7-8H,2-5,11H2,1H3. The SMILES string of the molecule is CCC(N)(C#N)CCCn1cncn1. The molecule has 0 spiro atoms. The molecular formula is C9H15N5. The molecule has 1 aromatic rings. The zero-order valence-electron chi connectivity index (χ0n) is 8.35. The average molecular weight is 193 g/mol. The number of aromatic nitrogens is 3. The topological polar surface area (TPSA) is 80.5 Å². The lowest BCUT2D eigenvalue weighted by atomic mass is 9.93. The van der Waals surface area contributed by atoms with Gasteiger partial charge in [-0.1, -0.05) is 6.92 Å². The minimum atomic E-state index is -0.680. The largest absolute Gasteiger partial charge is 0.313 e. The van der Waals surface area contributed by atoms with Gasteiger partial charge in [-0.25, -0.2) is 4.98 Å². The normalized spacial score (nSPS) is 14.6. The number of rotatable bonds is 5. The second-order valence-electron chi connectivity index (χ2n) is 3.38. The van der Waals surface area contributed by atoms with E-state index in [9.17, 15) is 0 Å². The van der Waals surface area contributed by atoms with Crippen LogP contribution >= 0.6 is 0 Å². The predicted molar refractivity (Wildman–Crippen MR) is 52.1 cm³/mol. The molecular weight excluding hydrogens is 178 g/mol. The minimum Gasteiger partial charge on any atom is -0.313 e. The lowest BCUT2D eigenvalue weighted by Gasteiger charge is -2.18. The Balaban J connectivity index is 2.31. The fourth-order valence-corrected chi connectivity index (χ4v) is 1.22. The van der Waals surface area contributed by atoms with Gasteiger partial charge in [0.15, 0.2) is 0 Å². The van der Waals surface area contributed by atoms with E-state index in [0.717, 1.165) is 13.0 Å². The molecule has 14 heavy (non-hydrogen) atoms. The van der Waals surface area contributed by atoms with Crippen molar-refractivity contribution in [3.63, 3.8) is 0 Å². The number of aryl methyl sites for hydroxylation is 1. The highest BCUT2D eigenvalue weighted by molar-refractivity contribution is 5.03. The number of nitriles is 1. The van der Waals surface area contributed by atoms with Gasteiger partial charge < -0.3 is 5.73 Å². The van der Waals surface area contributed by atoms with Crippen molar-refractivity contribution >= 4 is 0 Å². The smallest absolute Gasteiger partial charge is 0.137 e. The lowest BCUT2D eigenvalue weighted by molar-refractivity contribution is 0.434. The third-order valence-electron chi connectivity index (χ3n) is 2.33. The molecule has 1 aromatic heterocycles. The van der Waals surface area contributed by atoms with Gasteiger partial charge >= 0.3 is 0 Å². The molecule has 0 aliphatic rings. The molecule has 0 aliphatic heterocycles. The summed E-state index contributed by atoms with van der Waals surface area (Å²) < 4.78 is 1.74. The second kappa shape index (κ2) is 4.72. The van der Waals surface area contributed by atoms with E-state index in [0.29, 0.717) is 12.8 Å². The van der Waals surface area contributed by atoms with Crippen LogP contribution in [0.1, 0.15) is 26.2 Å². The zero-order valence-corrected chi connectivity index (χ0v) is 8.35. The molecule has 0 bridgehead atoms. The molecule has 0 fully saturated rings. The molecule has 1 unspecified atom stereocenters. The molecule has 1 atom stereocenters. The van der Waals surface area contributed by atoms with Crippen LogP contribution in [0.25, 0.3) is 0 Å². The summed E-state index contributed by atoms with van der Waals surface area (Å²) in [5.74, 6) is 0. The molecule has 5 heteroatoms. The van der Waals surface area contributed by atoms with Crippen molar-refractivity contribution in [1.82, 2.24) is 14.8 Å². The highest BCUT2D eigenvalue weighted by Crippen LogP contribution is 2.13. The van der Waals surface area contributed by atoms with E-state index in [1.54, 1.807) is 11.0 Å². The monoisotopic (exact) mass is 193 g/mol. The van der Waals surface area contributed by atoms with Crippen LogP contribution in [-0.2, 0) is 6.54 Å². The number of nitrogens with two attached hydrogens (primary N) is 1. The van der Waals surface area contributed by atoms with Gasteiger partial charge in [0.05, 0.1) is 6.07 Å². The predicted octanol–water partition coefficient (Wildman–Crippen LogP) is 0.689. The van der Waals surface area contributed by atoms with Crippen LogP contribution < -0.4 is 5.73 Å². The maximum atomic E-state index is 8.83. The summed E-state index contributed by atoms with van der Waals surface area (Å²) in [6.07, 6.45) is 5.39. The van der Waals surface area contributed by atoms with Crippen LogP contribution in [0.2, 0.25) is 0 Å². The van der Waals surface area contributed by atoms with Crippen LogP contribution in [0.5, 0.6) is 0 Å². The fourth-order valence-electron chi connectivity index (χ4n) is 1.22. The summed E-state index contributed by atoms with van der Waals surface area (Å²) in [6, 6.07) is 2.14. The summed E-state index contributed by atoms with van der Waals surface area (Å²) in [5.41, 5.74) is 5.15. The summed E-state index contributed by atoms with van der Waals surface area (Å²) in [7, 11) is 0. The van der Waals surface area contributed by atoms with Gasteiger partial charge in [-0.3, -0.25) is 4.68 Å². The van der Waals surface area contributed by atoms with Crippen molar-refractivity contribution in [1.29, 1.82) is 5.26 Å². The third kappa shape index (κ3) is 2.82. The van der Waals surface area contributed by atoms with Gasteiger partial charge in [0, 0.05) is 6.54 Å². The zero-order chi connectivity index (χ0) is 10.4. The molecule has 0 aliphatic carbocycles. The van der Waals surface area contributed by atoms with Gasteiger partial charge in [-0.05, 0) is 19.3 Å². The highest BCUT2D eigenvalue weighted by Gasteiger charge is 2.20. The molecule has 1 rings (SSSR count). The van der Waals surface area contributed by atoms with E-state index in [-0.39, 0.29) is 0 Å². The van der Waals surface area contributed by atoms with Crippen LogP contribution in [0.4, 0.5) is 0 Å². The van der Waals surface area contributed by atoms with Crippen molar-refractivity contribution in [2.45, 2.75) is 38.3 Å². The van der Waals surface area contributed by atoms with Crippen LogP contribution in [0.3, 0.4) is 0 Å². The van der Waals surface area contributed by atoms with Gasteiger partial charge in [-0.15, -0.1) is 0 Å². The van der Waals surface area contributed by atoms with Gasteiger partial charge in [-0.2, -0.15) is 10.4 Å². The molecule has 76 valence electrons. The average Bonchev–Trinajstić information content (AvgIpc) is 2.70. The summed E-state index contributed by atoms with van der Waals surface area (Å²) in [6.45, 7) is 2.69. The molecule has 2 N–H and O–H groups in total. The van der Waals surface area contributed by atoms with Gasteiger partial charge in [0.1, 0.15) is 18.2 Å². The van der Waals surface area contributed by atoms with Crippen molar-refractivity contribution in [2.24, 2.45) is 5.73 Å². The Morgan fingerprint density at radius 3 is 2.93 bits per heavy atom. The Kier molecular flexibility index (Phi) is 3.60. The number of hydrogen-bond acceptors (Lipinski definition) is 4. The molecule has 1 heterocycles. The minimum absolute atomic E-state index is 0.680. The highest BCUT2D eigenvalue weighted by atomic mass is 15.3. The van der Waals surface area contributed by atoms with Crippen molar-refractivity contribution in [2.75, 3.05) is 0 Å². The number of hydrogen-bond donors (Lipinski definition) is 1. The van der Waals surface area contributed by atoms with E-state index in [4.69, 9.17) is 11.0 Å². The first-order valence-corrected chi connectivity index (χ1v) is 4.73. The first kappa shape index (κ1) is 10.7. The molecule has 0 saturated carbocycles. The quantitative estimate of drug-likeness (QED) is 0.746. The van der Waals surface area contributed by atoms with Crippen LogP contribution in [-0.4, -0.2) is 20.3 Å². The molecule has 0 saturated heterocycles. The molecule has 5 nitrogen and oxygen atoms in total. The molecule has 0 aromatic carbocycles. The summed E-state index contributed by atoms with van der Waals surface area (Å²) in [4.78, 5) is 3.83. The second-order valence-corrected chi connectivity index (χ2v) is 3.38.